The number of fused-ring (bicyclic) bond motifs is 1. The van der Waals surface area contributed by atoms with E-state index in [0.29, 0.717) is 26.2 Å². The van der Waals surface area contributed by atoms with Gasteiger partial charge in [0.05, 0.1) is 18.1 Å². The third-order valence-electron chi connectivity index (χ3n) is 5.52. The molecule has 1 aliphatic heterocycles. The number of hydrogen-bond acceptors (Lipinski definition) is 5. The smallest absolute Gasteiger partial charge is 0.242 e. The van der Waals surface area contributed by atoms with Crippen LogP contribution in [0.4, 0.5) is 0 Å². The number of nitrogens with zero attached hydrogens (tertiary/aromatic N) is 1. The largest absolute Gasteiger partial charge is 0.491 e. The Kier molecular flexibility index (Phi) is 6.53. The molecule has 31 heavy (non-hydrogen) atoms. The Morgan fingerprint density at radius 1 is 0.935 bits per heavy atom. The maximum Gasteiger partial charge on any atom is 0.242 e. The van der Waals surface area contributed by atoms with Gasteiger partial charge in [-0.2, -0.15) is 0 Å². The number of nitrogens with one attached hydrogen (secondary N) is 1. The molecule has 6 nitrogen and oxygen atoms in total. The summed E-state index contributed by atoms with van der Waals surface area (Å²) in [7, 11) is -3.02. The first kappa shape index (κ1) is 21.3. The summed E-state index contributed by atoms with van der Waals surface area (Å²) in [5.41, 5.74) is 0.856. The number of sulfone groups is 1. The van der Waals surface area contributed by atoms with Gasteiger partial charge >= 0.3 is 0 Å². The third kappa shape index (κ3) is 5.24. The van der Waals surface area contributed by atoms with Crippen LogP contribution in [0.15, 0.2) is 72.8 Å². The van der Waals surface area contributed by atoms with E-state index in [1.165, 1.54) is 0 Å². The third-order valence-corrected chi connectivity index (χ3v) is 7.13. The number of rotatable bonds is 7. The van der Waals surface area contributed by atoms with Gasteiger partial charge in [0.2, 0.25) is 5.91 Å². The fourth-order valence-corrected chi connectivity index (χ4v) is 5.13. The Bertz CT molecular complexity index is 1130. The lowest BCUT2D eigenvalue weighted by Crippen LogP contribution is -2.48. The van der Waals surface area contributed by atoms with E-state index in [9.17, 15) is 13.2 Å². The summed E-state index contributed by atoms with van der Waals surface area (Å²) in [5.74, 6) is 0.793. The summed E-state index contributed by atoms with van der Waals surface area (Å²) in [6, 6.07) is 22.9. The summed E-state index contributed by atoms with van der Waals surface area (Å²) in [5, 5.41) is 5.10. The Labute approximate surface area is 182 Å². The molecule has 0 aromatic heterocycles. The summed E-state index contributed by atoms with van der Waals surface area (Å²) in [6.45, 7) is 1.40. The second kappa shape index (κ2) is 9.49. The lowest BCUT2D eigenvalue weighted by molar-refractivity contribution is -0.126. The van der Waals surface area contributed by atoms with Crippen molar-refractivity contribution in [3.05, 3.63) is 78.4 Å². The molecule has 0 radical (unpaired) electrons. The molecule has 7 heteroatoms. The number of benzene rings is 3. The molecule has 1 unspecified atom stereocenters. The number of ether oxygens (including phenoxy) is 1. The standard InChI is InChI=1S/C24H26N2O4S/c27-24(25-13-16-30-22-12-6-10-19-7-4-5-11-21(19)22)23(20-8-2-1-3-9-20)26-14-17-31(28,29)18-15-26/h1-12,23H,13-18H2,(H,25,27). The number of amides is 1. The second-order valence-corrected chi connectivity index (χ2v) is 9.92. The lowest BCUT2D eigenvalue weighted by Gasteiger charge is -2.33. The van der Waals surface area contributed by atoms with Gasteiger partial charge < -0.3 is 10.1 Å². The maximum atomic E-state index is 13.1. The molecule has 162 valence electrons. The molecule has 1 atom stereocenters. The Morgan fingerprint density at radius 2 is 1.61 bits per heavy atom. The highest BCUT2D eigenvalue weighted by Gasteiger charge is 2.32. The van der Waals surface area contributed by atoms with Crippen molar-refractivity contribution in [1.29, 1.82) is 0 Å². The van der Waals surface area contributed by atoms with Gasteiger partial charge in [-0.15, -0.1) is 0 Å². The van der Waals surface area contributed by atoms with Gasteiger partial charge in [0.25, 0.3) is 0 Å². The minimum Gasteiger partial charge on any atom is -0.491 e. The zero-order valence-corrected chi connectivity index (χ0v) is 18.1. The summed E-state index contributed by atoms with van der Waals surface area (Å²) in [6.07, 6.45) is 0. The predicted octanol–water partition coefficient (Wildman–Crippen LogP) is 2.81. The normalized spacial score (nSPS) is 17.2. The van der Waals surface area contributed by atoms with Crippen molar-refractivity contribution in [2.24, 2.45) is 0 Å². The van der Waals surface area contributed by atoms with Crippen LogP contribution in [0, 0.1) is 0 Å². The molecule has 0 aliphatic carbocycles. The van der Waals surface area contributed by atoms with Crippen LogP contribution in [0.3, 0.4) is 0 Å². The fraction of sp³-hybridized carbons (Fsp3) is 0.292. The van der Waals surface area contributed by atoms with E-state index in [4.69, 9.17) is 4.74 Å². The van der Waals surface area contributed by atoms with Crippen LogP contribution in [0.2, 0.25) is 0 Å². The van der Waals surface area contributed by atoms with Crippen LogP contribution in [-0.2, 0) is 14.6 Å². The van der Waals surface area contributed by atoms with Gasteiger partial charge in [-0.05, 0) is 17.0 Å². The van der Waals surface area contributed by atoms with Crippen molar-refractivity contribution in [1.82, 2.24) is 10.2 Å². The van der Waals surface area contributed by atoms with Crippen molar-refractivity contribution in [3.63, 3.8) is 0 Å². The minimum atomic E-state index is -3.02. The SMILES string of the molecule is O=C(NCCOc1cccc2ccccc12)C(c1ccccc1)N1CCS(=O)(=O)CC1. The van der Waals surface area contributed by atoms with E-state index >= 15 is 0 Å². The lowest BCUT2D eigenvalue weighted by atomic mass is 10.0. The Morgan fingerprint density at radius 3 is 2.39 bits per heavy atom. The van der Waals surface area contributed by atoms with Gasteiger partial charge in [-0.1, -0.05) is 66.7 Å². The van der Waals surface area contributed by atoms with Crippen LogP contribution >= 0.6 is 0 Å². The first-order valence-corrected chi connectivity index (χ1v) is 12.2. The van der Waals surface area contributed by atoms with Crippen molar-refractivity contribution >= 4 is 26.5 Å². The summed E-state index contributed by atoms with van der Waals surface area (Å²) < 4.78 is 29.6. The van der Waals surface area contributed by atoms with Gasteiger partial charge in [0.15, 0.2) is 9.84 Å². The first-order chi connectivity index (χ1) is 15.0. The highest BCUT2D eigenvalue weighted by atomic mass is 32.2. The van der Waals surface area contributed by atoms with Gasteiger partial charge in [-0.3, -0.25) is 9.69 Å². The number of carbonyl (C=O) groups excluding carboxylic acids is 1. The van der Waals surface area contributed by atoms with E-state index < -0.39 is 15.9 Å². The molecular formula is C24H26N2O4S. The molecule has 3 aromatic rings. The Balaban J connectivity index is 1.39. The summed E-state index contributed by atoms with van der Waals surface area (Å²) >= 11 is 0. The van der Waals surface area contributed by atoms with Gasteiger partial charge in [0, 0.05) is 18.5 Å². The first-order valence-electron chi connectivity index (χ1n) is 10.4. The van der Waals surface area contributed by atoms with E-state index in [1.54, 1.807) is 0 Å². The molecule has 3 aromatic carbocycles. The van der Waals surface area contributed by atoms with E-state index in [-0.39, 0.29) is 17.4 Å². The molecule has 0 saturated carbocycles. The summed E-state index contributed by atoms with van der Waals surface area (Å²) in [4.78, 5) is 15.0. The van der Waals surface area contributed by atoms with E-state index in [0.717, 1.165) is 22.1 Å². The quantitative estimate of drug-likeness (QED) is 0.574. The fourth-order valence-electron chi connectivity index (χ4n) is 3.90. The van der Waals surface area contributed by atoms with Crippen molar-refractivity contribution in [2.75, 3.05) is 37.7 Å². The van der Waals surface area contributed by atoms with Crippen LogP contribution < -0.4 is 10.1 Å². The monoisotopic (exact) mass is 438 g/mol. The van der Waals surface area contributed by atoms with Crippen molar-refractivity contribution in [3.8, 4) is 5.75 Å². The van der Waals surface area contributed by atoms with E-state index in [1.807, 2.05) is 77.7 Å². The van der Waals surface area contributed by atoms with Crippen molar-refractivity contribution < 1.29 is 17.9 Å². The molecule has 1 aliphatic rings. The highest BCUT2D eigenvalue weighted by molar-refractivity contribution is 7.91. The predicted molar refractivity (Wildman–Crippen MR) is 122 cm³/mol. The van der Waals surface area contributed by atoms with Gasteiger partial charge in [0.1, 0.15) is 18.4 Å². The van der Waals surface area contributed by atoms with Crippen LogP contribution in [0.1, 0.15) is 11.6 Å². The average Bonchev–Trinajstić information content (AvgIpc) is 2.79. The topological polar surface area (TPSA) is 75.7 Å². The van der Waals surface area contributed by atoms with Crippen molar-refractivity contribution in [2.45, 2.75) is 6.04 Å². The van der Waals surface area contributed by atoms with Gasteiger partial charge in [-0.25, -0.2) is 8.42 Å². The zero-order chi connectivity index (χ0) is 21.7. The van der Waals surface area contributed by atoms with Crippen LogP contribution in [0.5, 0.6) is 5.75 Å². The molecule has 1 fully saturated rings. The van der Waals surface area contributed by atoms with Crippen LogP contribution in [0.25, 0.3) is 10.8 Å². The molecule has 1 heterocycles. The molecule has 0 spiro atoms. The molecule has 1 N–H and O–H groups in total. The Hall–Kier alpha value is -2.90. The molecule has 4 rings (SSSR count). The molecule has 1 saturated heterocycles. The second-order valence-electron chi connectivity index (χ2n) is 7.62. The highest BCUT2D eigenvalue weighted by Crippen LogP contribution is 2.25. The van der Waals surface area contributed by atoms with E-state index in [2.05, 4.69) is 5.32 Å². The zero-order valence-electron chi connectivity index (χ0n) is 17.2. The molecule has 0 bridgehead atoms. The average molecular weight is 439 g/mol. The number of carbonyl (C=O) groups is 1. The van der Waals surface area contributed by atoms with Crippen LogP contribution in [-0.4, -0.2) is 57.0 Å². The molecular weight excluding hydrogens is 412 g/mol. The minimum absolute atomic E-state index is 0.0772. The number of hydrogen-bond donors (Lipinski definition) is 1. The maximum absolute atomic E-state index is 13.1. The molecule has 1 amide bonds.